The molecule has 0 aromatic heterocycles. The van der Waals surface area contributed by atoms with Crippen molar-refractivity contribution in [2.75, 3.05) is 7.11 Å². The van der Waals surface area contributed by atoms with E-state index in [0.29, 0.717) is 16.5 Å². The van der Waals surface area contributed by atoms with Crippen molar-refractivity contribution in [1.82, 2.24) is 0 Å². The molecule has 1 N–H and O–H groups in total. The standard InChI is InChI=1S/C11H14Cl2O2/c1-7(15-2)11(14)6-8-9(12)4-3-5-10(8)13/h3-5,7,11,14H,6H2,1-2H3. The molecule has 0 aliphatic carbocycles. The minimum absolute atomic E-state index is 0.239. The van der Waals surface area contributed by atoms with Gasteiger partial charge in [0, 0.05) is 23.6 Å². The molecule has 0 saturated heterocycles. The first kappa shape index (κ1) is 12.8. The molecule has 0 aliphatic heterocycles. The van der Waals surface area contributed by atoms with Crippen LogP contribution in [0.2, 0.25) is 10.0 Å². The molecule has 0 spiro atoms. The van der Waals surface area contributed by atoms with E-state index in [1.807, 2.05) is 0 Å². The molecule has 1 rings (SSSR count). The van der Waals surface area contributed by atoms with Gasteiger partial charge in [0.25, 0.3) is 0 Å². The molecule has 0 bridgehead atoms. The van der Waals surface area contributed by atoms with Gasteiger partial charge in [-0.05, 0) is 24.6 Å². The monoisotopic (exact) mass is 248 g/mol. The number of halogens is 2. The summed E-state index contributed by atoms with van der Waals surface area (Å²) >= 11 is 12.0. The Morgan fingerprint density at radius 1 is 1.33 bits per heavy atom. The van der Waals surface area contributed by atoms with Crippen molar-refractivity contribution in [2.24, 2.45) is 0 Å². The minimum atomic E-state index is -0.604. The van der Waals surface area contributed by atoms with Gasteiger partial charge in [0.05, 0.1) is 12.2 Å². The van der Waals surface area contributed by atoms with Gasteiger partial charge in [0.15, 0.2) is 0 Å². The van der Waals surface area contributed by atoms with E-state index >= 15 is 0 Å². The molecule has 1 aromatic rings. The summed E-state index contributed by atoms with van der Waals surface area (Å²) in [5, 5.41) is 10.9. The van der Waals surface area contributed by atoms with Crippen molar-refractivity contribution in [3.8, 4) is 0 Å². The molecule has 0 amide bonds. The Morgan fingerprint density at radius 2 is 1.87 bits per heavy atom. The van der Waals surface area contributed by atoms with E-state index in [4.69, 9.17) is 27.9 Å². The van der Waals surface area contributed by atoms with Crippen molar-refractivity contribution in [3.63, 3.8) is 0 Å². The molecular formula is C11H14Cl2O2. The van der Waals surface area contributed by atoms with Gasteiger partial charge in [-0.3, -0.25) is 0 Å². The molecule has 0 radical (unpaired) electrons. The molecular weight excluding hydrogens is 235 g/mol. The van der Waals surface area contributed by atoms with Gasteiger partial charge in [-0.1, -0.05) is 29.3 Å². The van der Waals surface area contributed by atoms with Crippen molar-refractivity contribution < 1.29 is 9.84 Å². The fourth-order valence-corrected chi connectivity index (χ4v) is 1.81. The molecule has 0 aliphatic rings. The Morgan fingerprint density at radius 3 is 2.33 bits per heavy atom. The molecule has 2 unspecified atom stereocenters. The molecule has 0 heterocycles. The number of rotatable bonds is 4. The first-order valence-corrected chi connectivity index (χ1v) is 5.45. The van der Waals surface area contributed by atoms with Crippen LogP contribution in [0.3, 0.4) is 0 Å². The van der Waals surface area contributed by atoms with Gasteiger partial charge < -0.3 is 9.84 Å². The summed E-state index contributed by atoms with van der Waals surface area (Å²) in [6.45, 7) is 1.80. The zero-order valence-corrected chi connectivity index (χ0v) is 10.2. The van der Waals surface area contributed by atoms with Crippen LogP contribution in [0.1, 0.15) is 12.5 Å². The van der Waals surface area contributed by atoms with Crippen LogP contribution in [0, 0.1) is 0 Å². The smallest absolute Gasteiger partial charge is 0.0840 e. The topological polar surface area (TPSA) is 29.5 Å². The van der Waals surface area contributed by atoms with Crippen LogP contribution in [0.25, 0.3) is 0 Å². The minimum Gasteiger partial charge on any atom is -0.390 e. The van der Waals surface area contributed by atoms with E-state index in [1.165, 1.54) is 0 Å². The van der Waals surface area contributed by atoms with Crippen LogP contribution in [-0.4, -0.2) is 24.4 Å². The number of ether oxygens (including phenoxy) is 1. The van der Waals surface area contributed by atoms with Crippen LogP contribution < -0.4 is 0 Å². The van der Waals surface area contributed by atoms with Crippen molar-refractivity contribution >= 4 is 23.2 Å². The van der Waals surface area contributed by atoms with Crippen LogP contribution >= 0.6 is 23.2 Å². The maximum absolute atomic E-state index is 9.78. The molecule has 15 heavy (non-hydrogen) atoms. The third-order valence-electron chi connectivity index (χ3n) is 2.39. The third kappa shape index (κ3) is 3.35. The SMILES string of the molecule is COC(C)C(O)Cc1c(Cl)cccc1Cl. The summed E-state index contributed by atoms with van der Waals surface area (Å²) in [7, 11) is 1.56. The average molecular weight is 249 g/mol. The van der Waals surface area contributed by atoms with Crippen LogP contribution in [0.5, 0.6) is 0 Å². The zero-order chi connectivity index (χ0) is 11.4. The van der Waals surface area contributed by atoms with Crippen LogP contribution in [0.4, 0.5) is 0 Å². The summed E-state index contributed by atoms with van der Waals surface area (Å²) in [6.07, 6.45) is -0.446. The maximum Gasteiger partial charge on any atom is 0.0840 e. The van der Waals surface area contributed by atoms with Gasteiger partial charge in [-0.15, -0.1) is 0 Å². The average Bonchev–Trinajstić information content (AvgIpc) is 2.22. The number of hydrogen-bond donors (Lipinski definition) is 1. The Labute approximate surface area is 99.8 Å². The summed E-state index contributed by atoms with van der Waals surface area (Å²) in [5.74, 6) is 0. The molecule has 2 atom stereocenters. The largest absolute Gasteiger partial charge is 0.390 e. The molecule has 2 nitrogen and oxygen atoms in total. The predicted molar refractivity (Wildman–Crippen MR) is 62.6 cm³/mol. The third-order valence-corrected chi connectivity index (χ3v) is 3.10. The van der Waals surface area contributed by atoms with E-state index in [1.54, 1.807) is 32.2 Å². The fourth-order valence-electron chi connectivity index (χ4n) is 1.26. The molecule has 0 fully saturated rings. The van der Waals surface area contributed by atoms with Gasteiger partial charge in [-0.25, -0.2) is 0 Å². The summed E-state index contributed by atoms with van der Waals surface area (Å²) in [5.41, 5.74) is 0.761. The Hall–Kier alpha value is -0.280. The highest BCUT2D eigenvalue weighted by atomic mass is 35.5. The lowest BCUT2D eigenvalue weighted by Gasteiger charge is -2.18. The lowest BCUT2D eigenvalue weighted by atomic mass is 10.0. The normalized spacial score (nSPS) is 15.0. The molecule has 1 aromatic carbocycles. The quantitative estimate of drug-likeness (QED) is 0.888. The highest BCUT2D eigenvalue weighted by Gasteiger charge is 2.17. The Kier molecular flexibility index (Phi) is 4.87. The second kappa shape index (κ2) is 5.71. The van der Waals surface area contributed by atoms with Crippen molar-refractivity contribution in [2.45, 2.75) is 25.6 Å². The predicted octanol–water partition coefficient (Wildman–Crippen LogP) is 2.93. The first-order chi connectivity index (χ1) is 7.06. The fraction of sp³-hybridized carbons (Fsp3) is 0.455. The van der Waals surface area contributed by atoms with Crippen LogP contribution in [-0.2, 0) is 11.2 Å². The van der Waals surface area contributed by atoms with E-state index in [2.05, 4.69) is 0 Å². The lowest BCUT2D eigenvalue weighted by Crippen LogP contribution is -2.27. The second-order valence-corrected chi connectivity index (χ2v) is 4.23. The zero-order valence-electron chi connectivity index (χ0n) is 8.71. The van der Waals surface area contributed by atoms with E-state index in [0.717, 1.165) is 5.56 Å². The lowest BCUT2D eigenvalue weighted by molar-refractivity contribution is 0.000427. The van der Waals surface area contributed by atoms with Crippen molar-refractivity contribution in [3.05, 3.63) is 33.8 Å². The van der Waals surface area contributed by atoms with E-state index in [-0.39, 0.29) is 6.10 Å². The molecule has 84 valence electrons. The van der Waals surface area contributed by atoms with E-state index < -0.39 is 6.10 Å². The number of benzene rings is 1. The Bertz CT molecular complexity index is 308. The number of methoxy groups -OCH3 is 1. The van der Waals surface area contributed by atoms with Gasteiger partial charge >= 0.3 is 0 Å². The van der Waals surface area contributed by atoms with Crippen LogP contribution in [0.15, 0.2) is 18.2 Å². The second-order valence-electron chi connectivity index (χ2n) is 3.41. The molecule has 0 saturated carbocycles. The number of aliphatic hydroxyl groups is 1. The van der Waals surface area contributed by atoms with Gasteiger partial charge in [0.1, 0.15) is 0 Å². The number of aliphatic hydroxyl groups excluding tert-OH is 1. The molecule has 4 heteroatoms. The van der Waals surface area contributed by atoms with Crippen molar-refractivity contribution in [1.29, 1.82) is 0 Å². The van der Waals surface area contributed by atoms with E-state index in [9.17, 15) is 5.11 Å². The Balaban J connectivity index is 2.80. The highest BCUT2D eigenvalue weighted by molar-refractivity contribution is 6.35. The number of hydrogen-bond acceptors (Lipinski definition) is 2. The first-order valence-electron chi connectivity index (χ1n) is 4.70. The summed E-state index contributed by atoms with van der Waals surface area (Å²) in [4.78, 5) is 0. The van der Waals surface area contributed by atoms with Gasteiger partial charge in [0.2, 0.25) is 0 Å². The highest BCUT2D eigenvalue weighted by Crippen LogP contribution is 2.26. The van der Waals surface area contributed by atoms with Gasteiger partial charge in [-0.2, -0.15) is 0 Å². The maximum atomic E-state index is 9.78. The summed E-state index contributed by atoms with van der Waals surface area (Å²) < 4.78 is 5.03. The summed E-state index contributed by atoms with van der Waals surface area (Å²) in [6, 6.07) is 5.29.